The van der Waals surface area contributed by atoms with Crippen LogP contribution in [-0.4, -0.2) is 36.6 Å². The Bertz CT molecular complexity index is 674. The van der Waals surface area contributed by atoms with Gasteiger partial charge in [0.05, 0.1) is 12.7 Å². The smallest absolute Gasteiger partial charge is 0.254 e. The molecule has 0 saturated carbocycles. The number of hydrogen-bond donors (Lipinski definition) is 0. The second kappa shape index (κ2) is 6.13. The summed E-state index contributed by atoms with van der Waals surface area (Å²) in [5.74, 6) is 1.52. The molecule has 2 heterocycles. The largest absolute Gasteiger partial charge is 0.461 e. The first-order chi connectivity index (χ1) is 10.5. The van der Waals surface area contributed by atoms with Gasteiger partial charge < -0.3 is 14.1 Å². The summed E-state index contributed by atoms with van der Waals surface area (Å²) in [4.78, 5) is 14.6. The summed E-state index contributed by atoms with van der Waals surface area (Å²) < 4.78 is 11.3. The number of fused-ring (bicyclic) bond motifs is 1. The molecule has 1 atom stereocenters. The van der Waals surface area contributed by atoms with Crippen molar-refractivity contribution in [3.63, 3.8) is 0 Å². The van der Waals surface area contributed by atoms with E-state index >= 15 is 0 Å². The number of aryl methyl sites for hydroxylation is 1. The van der Waals surface area contributed by atoms with E-state index in [0.717, 1.165) is 28.7 Å². The fourth-order valence-electron chi connectivity index (χ4n) is 3.06. The molecule has 1 saturated heterocycles. The highest BCUT2D eigenvalue weighted by Gasteiger charge is 2.25. The molecule has 1 unspecified atom stereocenters. The third-order valence-corrected chi connectivity index (χ3v) is 4.05. The van der Waals surface area contributed by atoms with Crippen LogP contribution in [0.4, 0.5) is 0 Å². The van der Waals surface area contributed by atoms with Crippen LogP contribution < -0.4 is 0 Å². The minimum absolute atomic E-state index is 0.0813. The van der Waals surface area contributed by atoms with Crippen molar-refractivity contribution in [1.82, 2.24) is 4.90 Å². The number of hydrogen-bond acceptors (Lipinski definition) is 3. The van der Waals surface area contributed by atoms with Gasteiger partial charge in [0.2, 0.25) is 0 Å². The maximum Gasteiger partial charge on any atom is 0.254 e. The molecule has 1 amide bonds. The van der Waals surface area contributed by atoms with Gasteiger partial charge in [-0.15, -0.1) is 0 Å². The van der Waals surface area contributed by atoms with E-state index in [2.05, 4.69) is 13.8 Å². The number of carbonyl (C=O) groups is 1. The Morgan fingerprint density at radius 1 is 1.36 bits per heavy atom. The van der Waals surface area contributed by atoms with Gasteiger partial charge in [0, 0.05) is 24.0 Å². The molecular formula is C18H23NO3. The van der Waals surface area contributed by atoms with Gasteiger partial charge in [-0.25, -0.2) is 0 Å². The van der Waals surface area contributed by atoms with Gasteiger partial charge in [0.15, 0.2) is 0 Å². The summed E-state index contributed by atoms with van der Waals surface area (Å²) in [6.45, 7) is 8.24. The zero-order valence-electron chi connectivity index (χ0n) is 13.5. The summed E-state index contributed by atoms with van der Waals surface area (Å²) in [6.07, 6.45) is 1.14. The van der Waals surface area contributed by atoms with Crippen LogP contribution in [0.25, 0.3) is 11.0 Å². The van der Waals surface area contributed by atoms with Crippen molar-refractivity contribution in [2.24, 2.45) is 5.92 Å². The number of benzene rings is 1. The summed E-state index contributed by atoms with van der Waals surface area (Å²) in [6, 6.07) is 7.61. The molecule has 2 aromatic rings. The van der Waals surface area contributed by atoms with Crippen molar-refractivity contribution < 1.29 is 13.9 Å². The third-order valence-electron chi connectivity index (χ3n) is 4.05. The lowest BCUT2D eigenvalue weighted by Crippen LogP contribution is -2.46. The van der Waals surface area contributed by atoms with Crippen molar-refractivity contribution in [3.05, 3.63) is 35.6 Å². The predicted molar refractivity (Wildman–Crippen MR) is 86.0 cm³/mol. The molecular weight excluding hydrogens is 278 g/mol. The highest BCUT2D eigenvalue weighted by Crippen LogP contribution is 2.22. The van der Waals surface area contributed by atoms with E-state index in [4.69, 9.17) is 9.15 Å². The summed E-state index contributed by atoms with van der Waals surface area (Å²) in [5.41, 5.74) is 1.55. The van der Waals surface area contributed by atoms with Gasteiger partial charge in [-0.05, 0) is 43.5 Å². The van der Waals surface area contributed by atoms with Gasteiger partial charge >= 0.3 is 0 Å². The van der Waals surface area contributed by atoms with E-state index in [1.807, 2.05) is 36.1 Å². The molecule has 1 aromatic carbocycles. The second-order valence-corrected chi connectivity index (χ2v) is 6.48. The lowest BCUT2D eigenvalue weighted by atomic mass is 10.0. The number of rotatable bonds is 3. The van der Waals surface area contributed by atoms with E-state index in [0.29, 0.717) is 25.6 Å². The monoisotopic (exact) mass is 301 g/mol. The molecule has 4 nitrogen and oxygen atoms in total. The number of amides is 1. The van der Waals surface area contributed by atoms with Crippen LogP contribution in [-0.2, 0) is 4.74 Å². The number of nitrogens with zero attached hydrogens (tertiary/aromatic N) is 1. The van der Waals surface area contributed by atoms with Crippen LogP contribution in [0, 0.1) is 12.8 Å². The van der Waals surface area contributed by atoms with Crippen LogP contribution in [0.5, 0.6) is 0 Å². The number of ether oxygens (including phenoxy) is 1. The van der Waals surface area contributed by atoms with Gasteiger partial charge in [-0.2, -0.15) is 0 Å². The third kappa shape index (κ3) is 3.17. The Balaban J connectivity index is 1.76. The van der Waals surface area contributed by atoms with E-state index in [9.17, 15) is 4.79 Å². The first-order valence-corrected chi connectivity index (χ1v) is 7.94. The highest BCUT2D eigenvalue weighted by atomic mass is 16.5. The van der Waals surface area contributed by atoms with Gasteiger partial charge in [-0.3, -0.25) is 4.79 Å². The van der Waals surface area contributed by atoms with Gasteiger partial charge in [0.1, 0.15) is 11.3 Å². The zero-order valence-corrected chi connectivity index (χ0v) is 13.5. The molecule has 22 heavy (non-hydrogen) atoms. The van der Waals surface area contributed by atoms with Crippen LogP contribution in [0.3, 0.4) is 0 Å². The molecule has 1 aliphatic heterocycles. The summed E-state index contributed by atoms with van der Waals surface area (Å²) in [7, 11) is 0. The number of furan rings is 1. The lowest BCUT2D eigenvalue weighted by Gasteiger charge is -2.33. The predicted octanol–water partition coefficient (Wildman–Crippen LogP) is 3.63. The maximum absolute atomic E-state index is 12.7. The molecule has 118 valence electrons. The molecule has 1 aromatic heterocycles. The second-order valence-electron chi connectivity index (χ2n) is 6.48. The van der Waals surface area contributed by atoms with Crippen molar-refractivity contribution in [2.45, 2.75) is 33.3 Å². The summed E-state index contributed by atoms with van der Waals surface area (Å²) >= 11 is 0. The normalized spacial score (nSPS) is 19.1. The molecule has 4 heteroatoms. The topological polar surface area (TPSA) is 42.7 Å². The van der Waals surface area contributed by atoms with Crippen molar-refractivity contribution in [3.8, 4) is 0 Å². The highest BCUT2D eigenvalue weighted by molar-refractivity contribution is 5.97. The quantitative estimate of drug-likeness (QED) is 0.869. The van der Waals surface area contributed by atoms with Crippen LogP contribution >= 0.6 is 0 Å². The standard InChI is InChI=1S/C18H23NO3/c1-12(2)8-16-11-19(6-7-21-16)18(20)14-4-5-17-15(10-14)9-13(3)22-17/h4-5,9-10,12,16H,6-8,11H2,1-3H3. The molecule has 0 aliphatic carbocycles. The molecule has 1 fully saturated rings. The van der Waals surface area contributed by atoms with E-state index in [1.165, 1.54) is 0 Å². The SMILES string of the molecule is Cc1cc2cc(C(=O)N3CCOC(CC(C)C)C3)ccc2o1. The number of carbonyl (C=O) groups excluding carboxylic acids is 1. The molecule has 0 N–H and O–H groups in total. The van der Waals surface area contributed by atoms with Crippen molar-refractivity contribution in [2.75, 3.05) is 19.7 Å². The fourth-order valence-corrected chi connectivity index (χ4v) is 3.06. The van der Waals surface area contributed by atoms with E-state index < -0.39 is 0 Å². The Morgan fingerprint density at radius 3 is 2.95 bits per heavy atom. The Morgan fingerprint density at radius 2 is 2.18 bits per heavy atom. The molecule has 0 spiro atoms. The first-order valence-electron chi connectivity index (χ1n) is 7.94. The summed E-state index contributed by atoms with van der Waals surface area (Å²) in [5, 5.41) is 0.982. The Labute approximate surface area is 131 Å². The van der Waals surface area contributed by atoms with Gasteiger partial charge in [0.25, 0.3) is 5.91 Å². The van der Waals surface area contributed by atoms with E-state index in [1.54, 1.807) is 0 Å². The number of morpholine rings is 1. The van der Waals surface area contributed by atoms with Crippen LogP contribution in [0.15, 0.2) is 28.7 Å². The fraction of sp³-hybridized carbons (Fsp3) is 0.500. The van der Waals surface area contributed by atoms with Crippen LogP contribution in [0.2, 0.25) is 0 Å². The Hall–Kier alpha value is -1.81. The van der Waals surface area contributed by atoms with E-state index in [-0.39, 0.29) is 12.0 Å². The van der Waals surface area contributed by atoms with Crippen molar-refractivity contribution in [1.29, 1.82) is 0 Å². The average molecular weight is 301 g/mol. The molecule has 1 aliphatic rings. The molecule has 3 rings (SSSR count). The van der Waals surface area contributed by atoms with Gasteiger partial charge in [-0.1, -0.05) is 13.8 Å². The Kier molecular flexibility index (Phi) is 4.21. The first kappa shape index (κ1) is 15.1. The lowest BCUT2D eigenvalue weighted by molar-refractivity contribution is -0.0297. The van der Waals surface area contributed by atoms with Crippen molar-refractivity contribution >= 4 is 16.9 Å². The minimum atomic E-state index is 0.0813. The molecule has 0 radical (unpaired) electrons. The molecule has 0 bridgehead atoms. The van der Waals surface area contributed by atoms with Crippen LogP contribution in [0.1, 0.15) is 36.4 Å². The average Bonchev–Trinajstić information content (AvgIpc) is 2.85. The minimum Gasteiger partial charge on any atom is -0.461 e. The maximum atomic E-state index is 12.7. The zero-order chi connectivity index (χ0) is 15.7.